The van der Waals surface area contributed by atoms with Crippen molar-refractivity contribution in [1.29, 1.82) is 0 Å². The molecule has 2 aliphatic heterocycles. The number of ether oxygens (including phenoxy) is 2. The molecule has 2 unspecified atom stereocenters. The highest BCUT2D eigenvalue weighted by molar-refractivity contribution is 9.10. The Bertz CT molecular complexity index is 1070. The van der Waals surface area contributed by atoms with E-state index in [1.807, 2.05) is 32.6 Å². The number of aromatic nitrogens is 4. The lowest BCUT2D eigenvalue weighted by Gasteiger charge is -2.37. The average Bonchev–Trinajstić information content (AvgIpc) is 3.44. The highest BCUT2D eigenvalue weighted by Gasteiger charge is 2.34. The largest absolute Gasteiger partial charge is 0.444 e. The number of piperazine rings is 1. The summed E-state index contributed by atoms with van der Waals surface area (Å²) in [5.41, 5.74) is -0.0415. The van der Waals surface area contributed by atoms with E-state index in [9.17, 15) is 13.5 Å². The summed E-state index contributed by atoms with van der Waals surface area (Å²) in [7, 11) is 0. The molecule has 0 aromatic carbocycles. The van der Waals surface area contributed by atoms with Crippen LogP contribution in [0.1, 0.15) is 45.7 Å². The first-order chi connectivity index (χ1) is 15.1. The van der Waals surface area contributed by atoms with Gasteiger partial charge in [0.1, 0.15) is 11.3 Å². The van der Waals surface area contributed by atoms with Crippen molar-refractivity contribution in [2.24, 2.45) is 0 Å². The van der Waals surface area contributed by atoms with Gasteiger partial charge in [0.25, 0.3) is 5.56 Å². The van der Waals surface area contributed by atoms with Crippen molar-refractivity contribution in [2.45, 2.75) is 51.7 Å². The van der Waals surface area contributed by atoms with Crippen LogP contribution in [0, 0.1) is 0 Å². The molecule has 176 valence electrons. The Hall–Kier alpha value is -1.86. The highest BCUT2D eigenvalue weighted by atomic mass is 79.9. The minimum atomic E-state index is -0.584. The summed E-state index contributed by atoms with van der Waals surface area (Å²) in [5.74, 6) is -0.0399. The number of anilines is 1. The average molecular weight is 533 g/mol. The maximum Gasteiger partial charge on any atom is 0.410 e. The predicted molar refractivity (Wildman–Crippen MR) is 122 cm³/mol. The van der Waals surface area contributed by atoms with Crippen molar-refractivity contribution in [3.8, 4) is 0 Å². The molecule has 0 N–H and O–H groups in total. The summed E-state index contributed by atoms with van der Waals surface area (Å²) < 4.78 is 27.7. The second-order valence-corrected chi connectivity index (χ2v) is 10.3. The smallest absolute Gasteiger partial charge is 0.410 e. The summed E-state index contributed by atoms with van der Waals surface area (Å²) >= 11 is 3.18. The molecule has 2 aromatic rings. The van der Waals surface area contributed by atoms with Gasteiger partial charge in [-0.1, -0.05) is 6.92 Å². The van der Waals surface area contributed by atoms with Crippen LogP contribution >= 0.6 is 28.3 Å². The molecule has 1 amide bonds. The number of hydrogen-bond acceptors (Lipinski definition) is 8. The molecular weight excluding hydrogens is 507 g/mol. The molecule has 13 heteroatoms. The van der Waals surface area contributed by atoms with E-state index < -0.39 is 5.60 Å². The molecule has 2 aromatic heterocycles. The lowest BCUT2D eigenvalue weighted by atomic mass is 9.99. The molecule has 0 aliphatic carbocycles. The van der Waals surface area contributed by atoms with Gasteiger partial charge in [-0.05, 0) is 43.1 Å². The summed E-state index contributed by atoms with van der Waals surface area (Å²) in [5, 5.41) is 4.11. The second-order valence-electron chi connectivity index (χ2n) is 9.04. The lowest BCUT2D eigenvalue weighted by molar-refractivity contribution is 0.0240. The van der Waals surface area contributed by atoms with Gasteiger partial charge in [0.05, 0.1) is 18.4 Å². The Balaban J connectivity index is 1.69. The maximum absolute atomic E-state index is 14.2. The van der Waals surface area contributed by atoms with Gasteiger partial charge in [-0.15, -0.1) is 8.98 Å². The third-order valence-corrected chi connectivity index (χ3v) is 6.24. The van der Waals surface area contributed by atoms with Crippen LogP contribution in [0.4, 0.5) is 14.4 Å². The normalized spacial score (nSPS) is 20.0. The Morgan fingerprint density at radius 1 is 1.34 bits per heavy atom. The van der Waals surface area contributed by atoms with Gasteiger partial charge in [-0.2, -0.15) is 9.50 Å². The van der Waals surface area contributed by atoms with Crippen LogP contribution in [-0.2, 0) is 9.47 Å². The van der Waals surface area contributed by atoms with Crippen LogP contribution in [0.15, 0.2) is 9.53 Å². The van der Waals surface area contributed by atoms with Gasteiger partial charge in [0, 0.05) is 32.1 Å². The topological polar surface area (TPSA) is 97.5 Å². The molecular formula is C19H26BrFN6O4S. The van der Waals surface area contributed by atoms with E-state index in [1.54, 1.807) is 4.90 Å². The lowest BCUT2D eigenvalue weighted by Crippen LogP contribution is -2.51. The minimum Gasteiger partial charge on any atom is -0.444 e. The zero-order valence-corrected chi connectivity index (χ0v) is 20.8. The number of nitrogens with zero attached hydrogens (tertiary/aromatic N) is 6. The molecule has 2 fully saturated rings. The Morgan fingerprint density at radius 3 is 2.56 bits per heavy atom. The molecule has 2 saturated heterocycles. The highest BCUT2D eigenvalue weighted by Crippen LogP contribution is 2.35. The number of carbonyl (C=O) groups excluding carboxylic acids is 1. The first kappa shape index (κ1) is 23.3. The molecule has 0 saturated carbocycles. The summed E-state index contributed by atoms with van der Waals surface area (Å²) in [6, 6.07) is 0. The quantitative estimate of drug-likeness (QED) is 0.542. The van der Waals surface area contributed by atoms with E-state index in [0.29, 0.717) is 50.6 Å². The van der Waals surface area contributed by atoms with Crippen LogP contribution in [0.3, 0.4) is 0 Å². The molecule has 2 aliphatic rings. The van der Waals surface area contributed by atoms with Crippen molar-refractivity contribution < 1.29 is 18.2 Å². The summed E-state index contributed by atoms with van der Waals surface area (Å²) in [4.78, 5) is 33.6. The third kappa shape index (κ3) is 4.74. The first-order valence-electron chi connectivity index (χ1n) is 10.4. The number of carbonyl (C=O) groups is 1. The molecule has 0 bridgehead atoms. The Kier molecular flexibility index (Phi) is 6.43. The van der Waals surface area contributed by atoms with Crippen molar-refractivity contribution in [3.05, 3.63) is 20.8 Å². The molecule has 4 rings (SSSR count). The number of hydrogen-bond donors (Lipinski definition) is 0. The number of halogens is 2. The van der Waals surface area contributed by atoms with Crippen molar-refractivity contribution in [2.75, 3.05) is 37.7 Å². The van der Waals surface area contributed by atoms with Gasteiger partial charge < -0.3 is 19.3 Å². The van der Waals surface area contributed by atoms with Crippen LogP contribution < -0.4 is 10.5 Å². The summed E-state index contributed by atoms with van der Waals surface area (Å²) in [6.07, 6.45) is 0.385. The van der Waals surface area contributed by atoms with E-state index in [-0.39, 0.29) is 46.5 Å². The minimum absolute atomic E-state index is 0.00567. The maximum atomic E-state index is 14.2. The van der Waals surface area contributed by atoms with Crippen LogP contribution in [0.5, 0.6) is 0 Å². The Labute approximate surface area is 197 Å². The van der Waals surface area contributed by atoms with Gasteiger partial charge >= 0.3 is 6.09 Å². The zero-order valence-electron chi connectivity index (χ0n) is 18.4. The van der Waals surface area contributed by atoms with Crippen LogP contribution in [-0.4, -0.2) is 74.1 Å². The zero-order chi connectivity index (χ0) is 23.2. The number of rotatable bonds is 5. The third-order valence-electron chi connectivity index (χ3n) is 5.40. The molecule has 2 atom stereocenters. The second kappa shape index (κ2) is 8.82. The number of epoxide rings is 1. The van der Waals surface area contributed by atoms with E-state index >= 15 is 0 Å². The molecule has 0 spiro atoms. The summed E-state index contributed by atoms with van der Waals surface area (Å²) in [6.45, 7) is 9.67. The molecule has 4 heterocycles. The van der Waals surface area contributed by atoms with Crippen LogP contribution in [0.2, 0.25) is 0 Å². The van der Waals surface area contributed by atoms with Crippen molar-refractivity contribution in [1.82, 2.24) is 23.5 Å². The van der Waals surface area contributed by atoms with Crippen LogP contribution in [0.25, 0.3) is 5.78 Å². The Morgan fingerprint density at radius 2 is 2.00 bits per heavy atom. The van der Waals surface area contributed by atoms with Gasteiger partial charge in [-0.3, -0.25) is 4.79 Å². The fraction of sp³-hybridized carbons (Fsp3) is 0.684. The molecule has 0 radical (unpaired) electrons. The van der Waals surface area contributed by atoms with Crippen molar-refractivity contribution in [3.63, 3.8) is 0 Å². The fourth-order valence-corrected chi connectivity index (χ4v) is 4.75. The standard InChI is InChI=1S/C19H26BrFN6O4S/c1-11(9-12-10-30-12)13-14(15(28)26-17(27(13)32-21)22-16(20)23-26)24-5-7-25(8-6-24)18(29)31-19(2,3)4/h11-12H,5-10H2,1-4H3. The molecule has 32 heavy (non-hydrogen) atoms. The predicted octanol–water partition coefficient (Wildman–Crippen LogP) is 2.98. The number of fused-ring (bicyclic) bond motifs is 1. The van der Waals surface area contributed by atoms with Crippen molar-refractivity contribution >= 4 is 45.8 Å². The monoisotopic (exact) mass is 532 g/mol. The molecule has 10 nitrogen and oxygen atoms in total. The SMILES string of the molecule is CC(CC1CO1)c1c(N2CCN(C(=O)OC(C)(C)C)CC2)c(=O)n2nc(Br)nc2n1SF. The van der Waals surface area contributed by atoms with E-state index in [0.717, 1.165) is 4.52 Å². The van der Waals surface area contributed by atoms with E-state index in [2.05, 4.69) is 26.0 Å². The van der Waals surface area contributed by atoms with Gasteiger partial charge in [0.2, 0.25) is 10.5 Å². The fourth-order valence-electron chi connectivity index (χ4n) is 3.91. The number of amides is 1. The van der Waals surface area contributed by atoms with Gasteiger partial charge in [0.15, 0.2) is 12.3 Å². The van der Waals surface area contributed by atoms with Gasteiger partial charge in [-0.25, -0.2) is 8.77 Å². The van der Waals surface area contributed by atoms with E-state index in [4.69, 9.17) is 9.47 Å². The van der Waals surface area contributed by atoms with E-state index in [1.165, 1.54) is 3.97 Å². The first-order valence-corrected chi connectivity index (χ1v) is 11.9.